The standard InChI is InChI=1S/C16H22N4OS/c1-3-18-16(20-13(2)15-7-5-11-22-15)19-9-10-21-14-6-4-8-17-12-14/h4-8,11-13H,3,9-10H2,1-2H3,(H2,18,19,20). The van der Waals surface area contributed by atoms with Gasteiger partial charge in [0.15, 0.2) is 5.96 Å². The van der Waals surface area contributed by atoms with Crippen LogP contribution in [0.2, 0.25) is 0 Å². The summed E-state index contributed by atoms with van der Waals surface area (Å²) in [5, 5.41) is 8.73. The maximum absolute atomic E-state index is 5.59. The largest absolute Gasteiger partial charge is 0.490 e. The fraction of sp³-hybridized carbons (Fsp3) is 0.375. The molecule has 0 radical (unpaired) electrons. The summed E-state index contributed by atoms with van der Waals surface area (Å²) in [6.07, 6.45) is 3.43. The summed E-state index contributed by atoms with van der Waals surface area (Å²) in [6.45, 7) is 6.12. The molecular weight excluding hydrogens is 296 g/mol. The Hall–Kier alpha value is -2.08. The van der Waals surface area contributed by atoms with E-state index in [2.05, 4.69) is 52.0 Å². The van der Waals surface area contributed by atoms with Gasteiger partial charge < -0.3 is 15.4 Å². The zero-order chi connectivity index (χ0) is 15.6. The monoisotopic (exact) mass is 318 g/mol. The Morgan fingerprint density at radius 3 is 3.00 bits per heavy atom. The molecule has 0 aliphatic rings. The van der Waals surface area contributed by atoms with E-state index in [-0.39, 0.29) is 6.04 Å². The number of aromatic nitrogens is 1. The second-order valence-electron chi connectivity index (χ2n) is 4.68. The molecule has 0 saturated heterocycles. The maximum Gasteiger partial charge on any atom is 0.191 e. The van der Waals surface area contributed by atoms with Gasteiger partial charge in [-0.2, -0.15) is 0 Å². The molecule has 0 saturated carbocycles. The van der Waals surface area contributed by atoms with E-state index in [1.165, 1.54) is 4.88 Å². The van der Waals surface area contributed by atoms with Crippen LogP contribution in [0.4, 0.5) is 0 Å². The summed E-state index contributed by atoms with van der Waals surface area (Å²) in [4.78, 5) is 9.83. The van der Waals surface area contributed by atoms with Gasteiger partial charge in [-0.15, -0.1) is 11.3 Å². The summed E-state index contributed by atoms with van der Waals surface area (Å²) >= 11 is 1.74. The van der Waals surface area contributed by atoms with Crippen molar-refractivity contribution in [2.45, 2.75) is 19.9 Å². The molecule has 6 heteroatoms. The zero-order valence-corrected chi connectivity index (χ0v) is 13.8. The van der Waals surface area contributed by atoms with E-state index >= 15 is 0 Å². The van der Waals surface area contributed by atoms with Crippen molar-refractivity contribution in [3.8, 4) is 5.75 Å². The van der Waals surface area contributed by atoms with Gasteiger partial charge in [0, 0.05) is 17.6 Å². The van der Waals surface area contributed by atoms with Gasteiger partial charge in [0.25, 0.3) is 0 Å². The molecule has 0 spiro atoms. The summed E-state index contributed by atoms with van der Waals surface area (Å²) in [6, 6.07) is 8.16. The molecule has 2 aromatic rings. The lowest BCUT2D eigenvalue weighted by Gasteiger charge is -2.16. The highest BCUT2D eigenvalue weighted by molar-refractivity contribution is 7.10. The van der Waals surface area contributed by atoms with Crippen LogP contribution >= 0.6 is 11.3 Å². The first-order valence-corrected chi connectivity index (χ1v) is 8.28. The van der Waals surface area contributed by atoms with Crippen LogP contribution in [0.5, 0.6) is 5.75 Å². The van der Waals surface area contributed by atoms with Crippen molar-refractivity contribution in [1.82, 2.24) is 15.6 Å². The molecule has 2 heterocycles. The van der Waals surface area contributed by atoms with Crippen LogP contribution in [0.25, 0.3) is 0 Å². The van der Waals surface area contributed by atoms with Crippen LogP contribution < -0.4 is 15.4 Å². The van der Waals surface area contributed by atoms with E-state index in [1.807, 2.05) is 12.1 Å². The second-order valence-corrected chi connectivity index (χ2v) is 5.66. The molecule has 22 heavy (non-hydrogen) atoms. The van der Waals surface area contributed by atoms with Crippen LogP contribution in [0.3, 0.4) is 0 Å². The lowest BCUT2D eigenvalue weighted by atomic mass is 10.3. The van der Waals surface area contributed by atoms with E-state index < -0.39 is 0 Å². The first-order valence-electron chi connectivity index (χ1n) is 7.40. The number of guanidine groups is 1. The van der Waals surface area contributed by atoms with Gasteiger partial charge in [-0.1, -0.05) is 6.07 Å². The number of pyridine rings is 1. The van der Waals surface area contributed by atoms with Gasteiger partial charge >= 0.3 is 0 Å². The van der Waals surface area contributed by atoms with Gasteiger partial charge in [-0.05, 0) is 37.4 Å². The molecule has 1 atom stereocenters. The minimum absolute atomic E-state index is 0.233. The molecule has 0 aliphatic heterocycles. The van der Waals surface area contributed by atoms with Crippen molar-refractivity contribution >= 4 is 17.3 Å². The van der Waals surface area contributed by atoms with Crippen LogP contribution in [0, 0.1) is 0 Å². The van der Waals surface area contributed by atoms with Crippen molar-refractivity contribution in [3.63, 3.8) is 0 Å². The number of thiophene rings is 1. The van der Waals surface area contributed by atoms with Crippen LogP contribution in [-0.4, -0.2) is 30.6 Å². The zero-order valence-electron chi connectivity index (χ0n) is 13.0. The number of rotatable bonds is 7. The molecule has 0 aliphatic carbocycles. The molecule has 5 nitrogen and oxygen atoms in total. The second kappa shape index (κ2) is 9.04. The average molecular weight is 318 g/mol. The number of hydrogen-bond donors (Lipinski definition) is 2. The lowest BCUT2D eigenvalue weighted by Crippen LogP contribution is -2.38. The van der Waals surface area contributed by atoms with E-state index in [1.54, 1.807) is 23.7 Å². The van der Waals surface area contributed by atoms with Crippen LogP contribution in [-0.2, 0) is 0 Å². The minimum atomic E-state index is 0.233. The Bertz CT molecular complexity index is 557. The van der Waals surface area contributed by atoms with E-state index in [9.17, 15) is 0 Å². The third-order valence-corrected chi connectivity index (χ3v) is 3.99. The van der Waals surface area contributed by atoms with Crippen LogP contribution in [0.15, 0.2) is 47.0 Å². The van der Waals surface area contributed by atoms with E-state index in [4.69, 9.17) is 4.74 Å². The summed E-state index contributed by atoms with van der Waals surface area (Å²) in [7, 11) is 0. The van der Waals surface area contributed by atoms with Crippen LogP contribution in [0.1, 0.15) is 24.8 Å². The predicted molar refractivity (Wildman–Crippen MR) is 91.6 cm³/mol. The first-order chi connectivity index (χ1) is 10.8. The molecule has 0 bridgehead atoms. The van der Waals surface area contributed by atoms with Crippen molar-refractivity contribution in [1.29, 1.82) is 0 Å². The van der Waals surface area contributed by atoms with Gasteiger partial charge in [0.1, 0.15) is 12.4 Å². The fourth-order valence-electron chi connectivity index (χ4n) is 1.89. The summed E-state index contributed by atoms with van der Waals surface area (Å²) in [5.41, 5.74) is 0. The number of nitrogens with one attached hydrogen (secondary N) is 2. The van der Waals surface area contributed by atoms with E-state index in [0.29, 0.717) is 13.2 Å². The quantitative estimate of drug-likeness (QED) is 0.468. The number of nitrogens with zero attached hydrogens (tertiary/aromatic N) is 2. The molecule has 0 fully saturated rings. The predicted octanol–water partition coefficient (Wildman–Crippen LogP) is 2.84. The van der Waals surface area contributed by atoms with Gasteiger partial charge in [-0.25, -0.2) is 4.99 Å². The molecule has 0 aromatic carbocycles. The fourth-order valence-corrected chi connectivity index (χ4v) is 2.62. The van der Waals surface area contributed by atoms with Crippen molar-refractivity contribution < 1.29 is 4.74 Å². The molecular formula is C16H22N4OS. The number of aliphatic imine (C=N–C) groups is 1. The van der Waals surface area contributed by atoms with E-state index in [0.717, 1.165) is 18.3 Å². The molecule has 118 valence electrons. The Morgan fingerprint density at radius 1 is 1.41 bits per heavy atom. The Kier molecular flexibility index (Phi) is 6.70. The third-order valence-electron chi connectivity index (χ3n) is 2.93. The van der Waals surface area contributed by atoms with Crippen molar-refractivity contribution in [2.75, 3.05) is 19.7 Å². The highest BCUT2D eigenvalue weighted by Gasteiger charge is 2.08. The summed E-state index contributed by atoms with van der Waals surface area (Å²) in [5.74, 6) is 1.57. The Morgan fingerprint density at radius 2 is 2.32 bits per heavy atom. The molecule has 2 N–H and O–H groups in total. The molecule has 2 rings (SSSR count). The number of ether oxygens (including phenoxy) is 1. The highest BCUT2D eigenvalue weighted by atomic mass is 32.1. The third kappa shape index (κ3) is 5.37. The van der Waals surface area contributed by atoms with Gasteiger partial charge in [0.2, 0.25) is 0 Å². The number of hydrogen-bond acceptors (Lipinski definition) is 4. The van der Waals surface area contributed by atoms with Crippen molar-refractivity contribution in [2.24, 2.45) is 4.99 Å². The van der Waals surface area contributed by atoms with Crippen molar-refractivity contribution in [3.05, 3.63) is 46.9 Å². The smallest absolute Gasteiger partial charge is 0.191 e. The van der Waals surface area contributed by atoms with Gasteiger partial charge in [0.05, 0.1) is 18.8 Å². The minimum Gasteiger partial charge on any atom is -0.490 e. The highest BCUT2D eigenvalue weighted by Crippen LogP contribution is 2.17. The molecule has 1 unspecified atom stereocenters. The SMILES string of the molecule is CCNC(=NCCOc1cccnc1)NC(C)c1cccs1. The topological polar surface area (TPSA) is 58.5 Å². The normalized spacial score (nSPS) is 12.7. The van der Waals surface area contributed by atoms with Gasteiger partial charge in [-0.3, -0.25) is 4.98 Å². The first kappa shape index (κ1) is 16.3. The Labute approximate surface area is 135 Å². The Balaban J connectivity index is 1.81. The molecule has 0 amide bonds. The summed E-state index contributed by atoms with van der Waals surface area (Å²) < 4.78 is 5.59. The lowest BCUT2D eigenvalue weighted by molar-refractivity contribution is 0.327. The molecule has 2 aromatic heterocycles. The average Bonchev–Trinajstić information content (AvgIpc) is 3.07. The maximum atomic E-state index is 5.59.